The first-order valence-electron chi connectivity index (χ1n) is 5.25. The number of amides is 2. The molecule has 1 saturated heterocycles. The summed E-state index contributed by atoms with van der Waals surface area (Å²) in [5.41, 5.74) is 10.4. The number of hydrogen-bond acceptors (Lipinski definition) is 3. The first-order chi connectivity index (χ1) is 6.90. The van der Waals surface area contributed by atoms with Crippen LogP contribution in [0.1, 0.15) is 26.7 Å². The van der Waals surface area contributed by atoms with Gasteiger partial charge in [-0.1, -0.05) is 6.92 Å². The summed E-state index contributed by atoms with van der Waals surface area (Å²) >= 11 is 0. The number of primary amides is 1. The van der Waals surface area contributed by atoms with Crippen molar-refractivity contribution in [3.63, 3.8) is 0 Å². The van der Waals surface area contributed by atoms with Crippen LogP contribution in [0.2, 0.25) is 0 Å². The molecule has 0 aliphatic carbocycles. The van der Waals surface area contributed by atoms with Crippen LogP contribution in [-0.2, 0) is 9.59 Å². The lowest BCUT2D eigenvalue weighted by molar-refractivity contribution is -0.132. The molecule has 5 nitrogen and oxygen atoms in total. The fourth-order valence-electron chi connectivity index (χ4n) is 1.76. The molecule has 1 aliphatic rings. The highest BCUT2D eigenvalue weighted by Crippen LogP contribution is 2.29. The van der Waals surface area contributed by atoms with Crippen molar-refractivity contribution in [3.8, 4) is 0 Å². The third-order valence-electron chi connectivity index (χ3n) is 3.14. The van der Waals surface area contributed by atoms with E-state index in [0.717, 1.165) is 0 Å². The van der Waals surface area contributed by atoms with E-state index < -0.39 is 11.5 Å². The highest BCUT2D eigenvalue weighted by molar-refractivity contribution is 5.85. The maximum atomic E-state index is 11.7. The normalized spacial score (nSPS) is 27.8. The maximum Gasteiger partial charge on any atom is 0.239 e. The first-order valence-corrected chi connectivity index (χ1v) is 5.25. The zero-order valence-electron chi connectivity index (χ0n) is 9.32. The fourth-order valence-corrected chi connectivity index (χ4v) is 1.76. The lowest BCUT2D eigenvalue weighted by Gasteiger charge is -2.23. The molecule has 15 heavy (non-hydrogen) atoms. The average Bonchev–Trinajstić information content (AvgIpc) is 2.60. The number of hydrogen-bond donors (Lipinski definition) is 2. The molecule has 0 aromatic rings. The highest BCUT2D eigenvalue weighted by Gasteiger charge is 2.41. The van der Waals surface area contributed by atoms with Gasteiger partial charge in [0.2, 0.25) is 11.8 Å². The van der Waals surface area contributed by atoms with Gasteiger partial charge in [0.15, 0.2) is 0 Å². The molecule has 5 heteroatoms. The van der Waals surface area contributed by atoms with Crippen LogP contribution in [0, 0.1) is 5.41 Å². The van der Waals surface area contributed by atoms with Crippen LogP contribution in [0.15, 0.2) is 0 Å². The molecule has 0 radical (unpaired) electrons. The van der Waals surface area contributed by atoms with E-state index in [1.807, 2.05) is 6.92 Å². The van der Waals surface area contributed by atoms with Gasteiger partial charge in [0.05, 0.1) is 11.5 Å². The average molecular weight is 213 g/mol. The van der Waals surface area contributed by atoms with Gasteiger partial charge in [0, 0.05) is 13.1 Å². The van der Waals surface area contributed by atoms with Gasteiger partial charge in [-0.05, 0) is 19.8 Å². The molecule has 2 unspecified atom stereocenters. The van der Waals surface area contributed by atoms with Crippen LogP contribution < -0.4 is 11.5 Å². The van der Waals surface area contributed by atoms with Gasteiger partial charge >= 0.3 is 0 Å². The summed E-state index contributed by atoms with van der Waals surface area (Å²) in [6, 6.07) is -0.458. The zero-order valence-corrected chi connectivity index (χ0v) is 9.32. The van der Waals surface area contributed by atoms with Gasteiger partial charge in [-0.25, -0.2) is 0 Å². The van der Waals surface area contributed by atoms with Crippen molar-refractivity contribution in [2.75, 3.05) is 13.1 Å². The molecule has 1 heterocycles. The Balaban J connectivity index is 2.64. The first kappa shape index (κ1) is 12.0. The molecule has 86 valence electrons. The Bertz CT molecular complexity index is 280. The molecule has 1 rings (SSSR count). The van der Waals surface area contributed by atoms with E-state index >= 15 is 0 Å². The quantitative estimate of drug-likeness (QED) is 0.659. The second-order valence-corrected chi connectivity index (χ2v) is 4.45. The Labute approximate surface area is 89.8 Å². The van der Waals surface area contributed by atoms with E-state index in [1.165, 1.54) is 0 Å². The third-order valence-corrected chi connectivity index (χ3v) is 3.14. The lowest BCUT2D eigenvalue weighted by atomic mass is 9.89. The van der Waals surface area contributed by atoms with Crippen molar-refractivity contribution >= 4 is 11.8 Å². The summed E-state index contributed by atoms with van der Waals surface area (Å²) in [4.78, 5) is 24.6. The summed E-state index contributed by atoms with van der Waals surface area (Å²) in [7, 11) is 0. The SMILES string of the molecule is CCC(N)C(=O)N1CCC(C)(C(N)=O)C1. The van der Waals surface area contributed by atoms with E-state index in [4.69, 9.17) is 11.5 Å². The molecule has 0 bridgehead atoms. The van der Waals surface area contributed by atoms with Gasteiger partial charge in [-0.15, -0.1) is 0 Å². The Morgan fingerprint density at radius 3 is 2.53 bits per heavy atom. The van der Waals surface area contributed by atoms with E-state index in [2.05, 4.69) is 0 Å². The van der Waals surface area contributed by atoms with Crippen molar-refractivity contribution in [3.05, 3.63) is 0 Å². The molecular weight excluding hydrogens is 194 g/mol. The van der Waals surface area contributed by atoms with Crippen molar-refractivity contribution in [2.24, 2.45) is 16.9 Å². The summed E-state index contributed by atoms with van der Waals surface area (Å²) in [6.07, 6.45) is 1.24. The van der Waals surface area contributed by atoms with Crippen LogP contribution in [-0.4, -0.2) is 35.8 Å². The molecular formula is C10H19N3O2. The molecule has 2 amide bonds. The second kappa shape index (κ2) is 4.18. The number of nitrogens with zero attached hydrogens (tertiary/aromatic N) is 1. The van der Waals surface area contributed by atoms with Crippen molar-refractivity contribution < 1.29 is 9.59 Å². The van der Waals surface area contributed by atoms with E-state index in [0.29, 0.717) is 25.9 Å². The van der Waals surface area contributed by atoms with Crippen LogP contribution in [0.25, 0.3) is 0 Å². The van der Waals surface area contributed by atoms with Crippen molar-refractivity contribution in [1.82, 2.24) is 4.90 Å². The topological polar surface area (TPSA) is 89.4 Å². The molecule has 1 aliphatic heterocycles. The minimum Gasteiger partial charge on any atom is -0.369 e. The molecule has 1 fully saturated rings. The van der Waals surface area contributed by atoms with Crippen molar-refractivity contribution in [1.29, 1.82) is 0 Å². The summed E-state index contributed by atoms with van der Waals surface area (Å²) in [5.74, 6) is -0.426. The number of carbonyl (C=O) groups excluding carboxylic acids is 2. The predicted octanol–water partition coefficient (Wildman–Crippen LogP) is -0.552. The second-order valence-electron chi connectivity index (χ2n) is 4.45. The van der Waals surface area contributed by atoms with Gasteiger partial charge in [0.25, 0.3) is 0 Å². The molecule has 2 atom stereocenters. The molecule has 0 spiro atoms. The number of likely N-dealkylation sites (tertiary alicyclic amines) is 1. The monoisotopic (exact) mass is 213 g/mol. The third kappa shape index (κ3) is 2.28. The molecule has 0 saturated carbocycles. The van der Waals surface area contributed by atoms with Crippen LogP contribution in [0.5, 0.6) is 0 Å². The van der Waals surface area contributed by atoms with Crippen LogP contribution >= 0.6 is 0 Å². The van der Waals surface area contributed by atoms with E-state index in [-0.39, 0.29) is 11.8 Å². The fraction of sp³-hybridized carbons (Fsp3) is 0.800. The molecule has 4 N–H and O–H groups in total. The van der Waals surface area contributed by atoms with E-state index in [1.54, 1.807) is 11.8 Å². The number of rotatable bonds is 3. The molecule has 0 aromatic carbocycles. The molecule has 0 aromatic heterocycles. The summed E-state index contributed by atoms with van der Waals surface area (Å²) in [5, 5.41) is 0. The van der Waals surface area contributed by atoms with E-state index in [9.17, 15) is 9.59 Å². The van der Waals surface area contributed by atoms with Crippen LogP contribution in [0.3, 0.4) is 0 Å². The summed E-state index contributed by atoms with van der Waals surface area (Å²) < 4.78 is 0. The van der Waals surface area contributed by atoms with Gasteiger partial charge in [-0.2, -0.15) is 0 Å². The van der Waals surface area contributed by atoms with Crippen molar-refractivity contribution in [2.45, 2.75) is 32.7 Å². The zero-order chi connectivity index (χ0) is 11.6. The Hall–Kier alpha value is -1.10. The Morgan fingerprint density at radius 1 is 1.53 bits per heavy atom. The van der Waals surface area contributed by atoms with Gasteiger partial charge in [0.1, 0.15) is 0 Å². The Kier molecular flexibility index (Phi) is 3.34. The number of nitrogens with two attached hydrogens (primary N) is 2. The van der Waals surface area contributed by atoms with Crippen LogP contribution in [0.4, 0.5) is 0 Å². The van der Waals surface area contributed by atoms with Gasteiger partial charge < -0.3 is 16.4 Å². The van der Waals surface area contributed by atoms with Gasteiger partial charge in [-0.3, -0.25) is 9.59 Å². The minimum atomic E-state index is -0.580. The standard InChI is InChI=1S/C10H19N3O2/c1-3-7(11)8(14)13-5-4-10(2,6-13)9(12)15/h7H,3-6,11H2,1-2H3,(H2,12,15). The lowest BCUT2D eigenvalue weighted by Crippen LogP contribution is -2.44. The minimum absolute atomic E-state index is 0.0810. The largest absolute Gasteiger partial charge is 0.369 e. The highest BCUT2D eigenvalue weighted by atomic mass is 16.2. The summed E-state index contributed by atoms with van der Waals surface area (Å²) in [6.45, 7) is 4.63. The number of carbonyl (C=O) groups is 2. The predicted molar refractivity (Wildman–Crippen MR) is 56.8 cm³/mol. The Morgan fingerprint density at radius 2 is 2.13 bits per heavy atom. The maximum absolute atomic E-state index is 11.7. The smallest absolute Gasteiger partial charge is 0.239 e.